The predicted octanol–water partition coefficient (Wildman–Crippen LogP) is 3.03. The van der Waals surface area contributed by atoms with Gasteiger partial charge in [0, 0.05) is 11.6 Å². The first-order chi connectivity index (χ1) is 16.3. The number of hydrogen-bond acceptors (Lipinski definition) is 6. The summed E-state index contributed by atoms with van der Waals surface area (Å²) >= 11 is 6.64. The van der Waals surface area contributed by atoms with Gasteiger partial charge in [-0.25, -0.2) is 0 Å². The molecule has 4 aromatic rings. The highest BCUT2D eigenvalue weighted by molar-refractivity contribution is 6.35. The van der Waals surface area contributed by atoms with E-state index in [0.29, 0.717) is 11.4 Å². The summed E-state index contributed by atoms with van der Waals surface area (Å²) in [5, 5.41) is 53.9. The van der Waals surface area contributed by atoms with Gasteiger partial charge in [0.25, 0.3) is 0 Å². The third kappa shape index (κ3) is 3.84. The quantitative estimate of drug-likeness (QED) is 0.305. The number of halogens is 1. The number of ether oxygens (including phenoxy) is 1. The normalized spacial score (nSPS) is 25.3. The summed E-state index contributed by atoms with van der Waals surface area (Å²) in [6.45, 7) is 1.42. The molecule has 2 heterocycles. The first-order valence-electron chi connectivity index (χ1n) is 11.1. The van der Waals surface area contributed by atoms with Gasteiger partial charge in [-0.05, 0) is 59.0 Å². The van der Waals surface area contributed by atoms with E-state index in [1.807, 2.05) is 43.5 Å². The summed E-state index contributed by atoms with van der Waals surface area (Å²) in [5.41, 5.74) is 3.58. The highest BCUT2D eigenvalue weighted by atomic mass is 35.5. The first-order valence-corrected chi connectivity index (χ1v) is 11.5. The lowest BCUT2D eigenvalue weighted by Gasteiger charge is -2.40. The molecular formula is C26H26ClNO6. The minimum Gasteiger partial charge on any atom is -0.508 e. The molecule has 0 aliphatic carbocycles. The monoisotopic (exact) mass is 483 g/mol. The van der Waals surface area contributed by atoms with Crippen molar-refractivity contribution in [3.63, 3.8) is 0 Å². The third-order valence-electron chi connectivity index (χ3n) is 6.63. The van der Waals surface area contributed by atoms with E-state index >= 15 is 0 Å². The van der Waals surface area contributed by atoms with Gasteiger partial charge in [0.15, 0.2) is 6.23 Å². The molecule has 0 spiro atoms. The first kappa shape index (κ1) is 23.1. The molecule has 7 nitrogen and oxygen atoms in total. The van der Waals surface area contributed by atoms with Crippen molar-refractivity contribution in [1.29, 1.82) is 0 Å². The molecule has 178 valence electrons. The van der Waals surface area contributed by atoms with Crippen molar-refractivity contribution < 1.29 is 30.3 Å². The van der Waals surface area contributed by atoms with Crippen molar-refractivity contribution >= 4 is 33.3 Å². The van der Waals surface area contributed by atoms with Crippen LogP contribution in [0.15, 0.2) is 54.7 Å². The Labute approximate surface area is 201 Å². The smallest absolute Gasteiger partial charge is 0.163 e. The minimum absolute atomic E-state index is 0.213. The van der Waals surface area contributed by atoms with Crippen LogP contribution in [-0.4, -0.2) is 61.1 Å². The zero-order valence-corrected chi connectivity index (χ0v) is 19.2. The van der Waals surface area contributed by atoms with E-state index in [1.54, 1.807) is 16.7 Å². The van der Waals surface area contributed by atoms with Gasteiger partial charge in [0.2, 0.25) is 0 Å². The van der Waals surface area contributed by atoms with Crippen molar-refractivity contribution in [2.45, 2.75) is 44.0 Å². The second-order valence-electron chi connectivity index (χ2n) is 8.91. The van der Waals surface area contributed by atoms with Gasteiger partial charge < -0.3 is 34.8 Å². The highest BCUT2D eigenvalue weighted by Gasteiger charge is 2.44. The van der Waals surface area contributed by atoms with Gasteiger partial charge in [-0.1, -0.05) is 41.9 Å². The van der Waals surface area contributed by atoms with E-state index in [2.05, 4.69) is 6.07 Å². The summed E-state index contributed by atoms with van der Waals surface area (Å²) in [4.78, 5) is 0. The fraction of sp³-hybridized carbons (Fsp3) is 0.308. The van der Waals surface area contributed by atoms with E-state index < -0.39 is 37.3 Å². The van der Waals surface area contributed by atoms with Gasteiger partial charge in [-0.2, -0.15) is 0 Å². The summed E-state index contributed by atoms with van der Waals surface area (Å²) in [7, 11) is 0. The molecule has 1 aliphatic heterocycles. The van der Waals surface area contributed by atoms with Crippen LogP contribution in [-0.2, 0) is 11.2 Å². The number of aryl methyl sites for hydroxylation is 1. The molecular weight excluding hydrogens is 458 g/mol. The molecule has 0 bridgehead atoms. The molecule has 1 fully saturated rings. The molecule has 0 amide bonds. The Morgan fingerprint density at radius 1 is 0.941 bits per heavy atom. The molecule has 1 saturated heterocycles. The fourth-order valence-corrected chi connectivity index (χ4v) is 5.14. The Kier molecular flexibility index (Phi) is 6.02. The molecule has 0 unspecified atom stereocenters. The largest absolute Gasteiger partial charge is 0.508 e. The number of aliphatic hydroxyl groups excluding tert-OH is 4. The Hall–Kier alpha value is -2.65. The van der Waals surface area contributed by atoms with Crippen LogP contribution in [0, 0.1) is 6.92 Å². The van der Waals surface area contributed by atoms with E-state index in [-0.39, 0.29) is 5.75 Å². The molecule has 5 atom stereocenters. The molecule has 5 rings (SSSR count). The Morgan fingerprint density at radius 2 is 1.68 bits per heavy atom. The van der Waals surface area contributed by atoms with Crippen LogP contribution in [0.3, 0.4) is 0 Å². The van der Waals surface area contributed by atoms with Crippen LogP contribution < -0.4 is 0 Å². The fourth-order valence-electron chi connectivity index (χ4n) is 4.86. The molecule has 34 heavy (non-hydrogen) atoms. The number of rotatable bonds is 4. The Bertz CT molecular complexity index is 1370. The molecule has 5 N–H and O–H groups in total. The van der Waals surface area contributed by atoms with Gasteiger partial charge in [-0.3, -0.25) is 0 Å². The van der Waals surface area contributed by atoms with Crippen molar-refractivity contribution in [2.75, 3.05) is 6.61 Å². The SMILES string of the molecule is Cc1ccc(Cl)c2c(Cc3ccc4cc(O)ccc4c3)cn([C@@H]3O[C@H](CO)[C@@H](O)[C@H](O)[C@H]3O)c12. The molecule has 0 saturated carbocycles. The van der Waals surface area contributed by atoms with Crippen molar-refractivity contribution in [2.24, 2.45) is 0 Å². The zero-order chi connectivity index (χ0) is 24.1. The van der Waals surface area contributed by atoms with Gasteiger partial charge in [0.05, 0.1) is 17.1 Å². The maximum Gasteiger partial charge on any atom is 0.163 e. The van der Waals surface area contributed by atoms with Gasteiger partial charge in [0.1, 0.15) is 30.2 Å². The molecule has 1 aromatic heterocycles. The lowest BCUT2D eigenvalue weighted by atomic mass is 9.98. The predicted molar refractivity (Wildman–Crippen MR) is 129 cm³/mol. The topological polar surface area (TPSA) is 115 Å². The average Bonchev–Trinajstić information content (AvgIpc) is 3.20. The Morgan fingerprint density at radius 3 is 2.44 bits per heavy atom. The number of hydrogen-bond donors (Lipinski definition) is 5. The number of fused-ring (bicyclic) bond motifs is 2. The summed E-state index contributed by atoms with van der Waals surface area (Å²) in [6, 6.07) is 14.9. The van der Waals surface area contributed by atoms with Crippen LogP contribution in [0.4, 0.5) is 0 Å². The number of benzene rings is 3. The Balaban J connectivity index is 1.61. The van der Waals surface area contributed by atoms with Crippen LogP contribution in [0.5, 0.6) is 5.75 Å². The molecule has 8 heteroatoms. The maximum atomic E-state index is 10.7. The second kappa shape index (κ2) is 8.85. The number of phenols is 1. The number of aromatic hydroxyl groups is 1. The standard InChI is InChI=1S/C26H26ClNO6/c1-13-2-7-19(27)21-17(9-14-3-4-16-10-18(30)6-5-15(16)8-14)11-28(22(13)21)26-25(33)24(32)23(31)20(12-29)34-26/h2-8,10-11,20,23-26,29-33H,9,12H2,1H3/t20-,23-,24+,25-,26-/m1/s1. The van der Waals surface area contributed by atoms with E-state index in [1.165, 1.54) is 0 Å². The zero-order valence-electron chi connectivity index (χ0n) is 18.5. The lowest BCUT2D eigenvalue weighted by molar-refractivity contribution is -0.250. The third-order valence-corrected chi connectivity index (χ3v) is 6.94. The van der Waals surface area contributed by atoms with Crippen LogP contribution in [0.25, 0.3) is 21.7 Å². The summed E-state index contributed by atoms with van der Waals surface area (Å²) < 4.78 is 7.57. The maximum absolute atomic E-state index is 10.7. The second-order valence-corrected chi connectivity index (χ2v) is 9.32. The van der Waals surface area contributed by atoms with E-state index in [4.69, 9.17) is 16.3 Å². The van der Waals surface area contributed by atoms with Crippen LogP contribution in [0.1, 0.15) is 22.9 Å². The summed E-state index contributed by atoms with van der Waals surface area (Å²) in [5.74, 6) is 0.213. The van der Waals surface area contributed by atoms with E-state index in [0.717, 1.165) is 38.4 Å². The summed E-state index contributed by atoms with van der Waals surface area (Å²) in [6.07, 6.45) is -3.97. The van der Waals surface area contributed by atoms with Crippen LogP contribution in [0.2, 0.25) is 5.02 Å². The molecule has 0 radical (unpaired) electrons. The molecule has 1 aliphatic rings. The van der Waals surface area contributed by atoms with E-state index in [9.17, 15) is 25.5 Å². The van der Waals surface area contributed by atoms with Crippen molar-refractivity contribution in [1.82, 2.24) is 4.57 Å². The van der Waals surface area contributed by atoms with Crippen LogP contribution >= 0.6 is 11.6 Å². The number of aliphatic hydroxyl groups is 4. The molecule has 3 aromatic carbocycles. The van der Waals surface area contributed by atoms with Gasteiger partial charge >= 0.3 is 0 Å². The minimum atomic E-state index is -1.48. The van der Waals surface area contributed by atoms with Crippen molar-refractivity contribution in [3.05, 3.63) is 76.4 Å². The lowest BCUT2D eigenvalue weighted by Crippen LogP contribution is -2.56. The van der Waals surface area contributed by atoms with Crippen molar-refractivity contribution in [3.8, 4) is 5.75 Å². The number of phenolic OH excluding ortho intramolecular Hbond substituents is 1. The number of nitrogens with zero attached hydrogens (tertiary/aromatic N) is 1. The number of aromatic nitrogens is 1. The average molecular weight is 484 g/mol. The highest BCUT2D eigenvalue weighted by Crippen LogP contribution is 2.38. The van der Waals surface area contributed by atoms with Gasteiger partial charge in [-0.15, -0.1) is 0 Å².